The summed E-state index contributed by atoms with van der Waals surface area (Å²) in [7, 11) is 0. The van der Waals surface area contributed by atoms with Crippen LogP contribution in [0.4, 0.5) is 0 Å². The Hall–Kier alpha value is -0.780. The molecule has 1 aliphatic rings. The van der Waals surface area contributed by atoms with Gasteiger partial charge in [0.05, 0.1) is 14.6 Å². The zero-order chi connectivity index (χ0) is 15.4. The Labute approximate surface area is 138 Å². The predicted octanol–water partition coefficient (Wildman–Crippen LogP) is 3.15. The zero-order valence-electron chi connectivity index (χ0n) is 11.5. The van der Waals surface area contributed by atoms with Crippen LogP contribution in [0, 0.1) is 5.92 Å². The summed E-state index contributed by atoms with van der Waals surface area (Å²) >= 11 is 13.2. The SMILES string of the molecule is NC(=O)C1CCCC1NC(=O)CCCc1cc(Cl)sc1Cl. The number of rotatable bonds is 6. The van der Waals surface area contributed by atoms with Crippen LogP contribution in [0.3, 0.4) is 0 Å². The van der Waals surface area contributed by atoms with Gasteiger partial charge < -0.3 is 11.1 Å². The maximum Gasteiger partial charge on any atom is 0.222 e. The summed E-state index contributed by atoms with van der Waals surface area (Å²) in [4.78, 5) is 23.2. The Morgan fingerprint density at radius 3 is 2.76 bits per heavy atom. The van der Waals surface area contributed by atoms with E-state index >= 15 is 0 Å². The Bertz CT molecular complexity index is 533. The van der Waals surface area contributed by atoms with Gasteiger partial charge in [0, 0.05) is 12.5 Å². The molecule has 0 saturated heterocycles. The highest BCUT2D eigenvalue weighted by Crippen LogP contribution is 2.32. The molecular formula is C14H18Cl2N2O2S. The first-order valence-electron chi connectivity index (χ1n) is 6.99. The van der Waals surface area contributed by atoms with Gasteiger partial charge in [-0.1, -0.05) is 29.6 Å². The molecule has 3 N–H and O–H groups in total. The predicted molar refractivity (Wildman–Crippen MR) is 85.7 cm³/mol. The number of carbonyl (C=O) groups is 2. The smallest absolute Gasteiger partial charge is 0.222 e. The van der Waals surface area contributed by atoms with Gasteiger partial charge in [-0.25, -0.2) is 0 Å². The van der Waals surface area contributed by atoms with Crippen molar-refractivity contribution >= 4 is 46.4 Å². The average Bonchev–Trinajstić information content (AvgIpc) is 2.96. The minimum atomic E-state index is -0.322. The third kappa shape index (κ3) is 4.59. The van der Waals surface area contributed by atoms with Gasteiger partial charge in [-0.15, -0.1) is 11.3 Å². The molecule has 1 aliphatic carbocycles. The highest BCUT2D eigenvalue weighted by molar-refractivity contribution is 7.20. The molecule has 7 heteroatoms. The molecule has 0 bridgehead atoms. The first-order valence-corrected chi connectivity index (χ1v) is 8.57. The number of aryl methyl sites for hydroxylation is 1. The van der Waals surface area contributed by atoms with Crippen molar-refractivity contribution in [1.82, 2.24) is 5.32 Å². The number of thiophene rings is 1. The van der Waals surface area contributed by atoms with Crippen LogP contribution in [0.2, 0.25) is 8.67 Å². The summed E-state index contributed by atoms with van der Waals surface area (Å²) in [5.41, 5.74) is 6.32. The van der Waals surface area contributed by atoms with Crippen molar-refractivity contribution in [1.29, 1.82) is 0 Å². The van der Waals surface area contributed by atoms with Crippen molar-refractivity contribution in [2.45, 2.75) is 44.6 Å². The minimum Gasteiger partial charge on any atom is -0.369 e. The fraction of sp³-hybridized carbons (Fsp3) is 0.571. The van der Waals surface area contributed by atoms with Gasteiger partial charge in [0.15, 0.2) is 0 Å². The van der Waals surface area contributed by atoms with Crippen LogP contribution in [-0.4, -0.2) is 17.9 Å². The normalized spacial score (nSPS) is 21.4. The van der Waals surface area contributed by atoms with E-state index in [2.05, 4.69) is 5.32 Å². The van der Waals surface area contributed by atoms with Gasteiger partial charge in [-0.05, 0) is 37.3 Å². The number of halogens is 2. The van der Waals surface area contributed by atoms with Crippen molar-refractivity contribution < 1.29 is 9.59 Å². The quantitative estimate of drug-likeness (QED) is 0.828. The molecular weight excluding hydrogens is 331 g/mol. The van der Waals surface area contributed by atoms with Gasteiger partial charge in [-0.2, -0.15) is 0 Å². The van der Waals surface area contributed by atoms with E-state index in [0.29, 0.717) is 21.5 Å². The summed E-state index contributed by atoms with van der Waals surface area (Å²) in [5, 5.41) is 2.92. The van der Waals surface area contributed by atoms with Gasteiger partial charge in [0.2, 0.25) is 11.8 Å². The highest BCUT2D eigenvalue weighted by Gasteiger charge is 2.32. The summed E-state index contributed by atoms with van der Waals surface area (Å²) in [6.07, 6.45) is 4.36. The number of hydrogen-bond acceptors (Lipinski definition) is 3. The Balaban J connectivity index is 1.75. The lowest BCUT2D eigenvalue weighted by atomic mass is 10.0. The summed E-state index contributed by atoms with van der Waals surface area (Å²) in [6.45, 7) is 0. The van der Waals surface area contributed by atoms with E-state index in [9.17, 15) is 9.59 Å². The molecule has 0 spiro atoms. The van der Waals surface area contributed by atoms with Crippen molar-refractivity contribution in [3.63, 3.8) is 0 Å². The van der Waals surface area contributed by atoms with Crippen LogP contribution in [0.15, 0.2) is 6.07 Å². The third-order valence-electron chi connectivity index (χ3n) is 3.81. The molecule has 116 valence electrons. The van der Waals surface area contributed by atoms with Crippen LogP contribution < -0.4 is 11.1 Å². The molecule has 2 amide bonds. The monoisotopic (exact) mass is 348 g/mol. The lowest BCUT2D eigenvalue weighted by Gasteiger charge is -2.18. The van der Waals surface area contributed by atoms with E-state index in [1.54, 1.807) is 0 Å². The molecule has 1 aromatic rings. The molecule has 0 aliphatic heterocycles. The van der Waals surface area contributed by atoms with Crippen molar-refractivity contribution in [2.24, 2.45) is 11.7 Å². The second-order valence-electron chi connectivity index (χ2n) is 5.32. The van der Waals surface area contributed by atoms with E-state index in [1.165, 1.54) is 11.3 Å². The molecule has 0 radical (unpaired) electrons. The number of nitrogens with one attached hydrogen (secondary N) is 1. The summed E-state index contributed by atoms with van der Waals surface area (Å²) in [6, 6.07) is 1.74. The minimum absolute atomic E-state index is 0.0365. The lowest BCUT2D eigenvalue weighted by molar-refractivity contribution is -0.124. The lowest BCUT2D eigenvalue weighted by Crippen LogP contribution is -2.42. The molecule has 1 aromatic heterocycles. The van der Waals surface area contributed by atoms with E-state index < -0.39 is 0 Å². The van der Waals surface area contributed by atoms with E-state index in [0.717, 1.165) is 31.2 Å². The summed E-state index contributed by atoms with van der Waals surface area (Å²) < 4.78 is 1.35. The third-order valence-corrected chi connectivity index (χ3v) is 5.37. The average molecular weight is 349 g/mol. The van der Waals surface area contributed by atoms with Crippen LogP contribution in [-0.2, 0) is 16.0 Å². The first-order chi connectivity index (χ1) is 9.97. The van der Waals surface area contributed by atoms with E-state index in [4.69, 9.17) is 28.9 Å². The van der Waals surface area contributed by atoms with Gasteiger partial charge in [0.1, 0.15) is 0 Å². The molecule has 2 unspecified atom stereocenters. The molecule has 4 nitrogen and oxygen atoms in total. The number of hydrogen-bond donors (Lipinski definition) is 2. The zero-order valence-corrected chi connectivity index (χ0v) is 13.9. The van der Waals surface area contributed by atoms with E-state index in [-0.39, 0.29) is 23.8 Å². The fourth-order valence-corrected chi connectivity index (χ4v) is 4.28. The number of primary amides is 1. The first kappa shape index (κ1) is 16.6. The largest absolute Gasteiger partial charge is 0.369 e. The van der Waals surface area contributed by atoms with Crippen molar-refractivity contribution in [2.75, 3.05) is 0 Å². The standard InChI is InChI=1S/C14H18Cl2N2O2S/c15-11-7-8(13(16)21-11)3-1-6-12(19)18-10-5-2-4-9(10)14(17)20/h7,9-10H,1-6H2,(H2,17,20)(H,18,19). The van der Waals surface area contributed by atoms with Crippen LogP contribution in [0.25, 0.3) is 0 Å². The Morgan fingerprint density at radius 2 is 2.14 bits per heavy atom. The highest BCUT2D eigenvalue weighted by atomic mass is 35.5. The van der Waals surface area contributed by atoms with Crippen molar-refractivity contribution in [3.05, 3.63) is 20.3 Å². The fourth-order valence-electron chi connectivity index (χ4n) is 2.74. The number of nitrogens with two attached hydrogens (primary N) is 1. The molecule has 1 saturated carbocycles. The molecule has 2 rings (SSSR count). The Morgan fingerprint density at radius 1 is 1.38 bits per heavy atom. The maximum absolute atomic E-state index is 11.9. The second-order valence-corrected chi connectivity index (χ2v) is 7.60. The molecule has 0 aromatic carbocycles. The molecule has 21 heavy (non-hydrogen) atoms. The van der Waals surface area contributed by atoms with Crippen molar-refractivity contribution in [3.8, 4) is 0 Å². The maximum atomic E-state index is 11.9. The van der Waals surface area contributed by atoms with Gasteiger partial charge in [-0.3, -0.25) is 9.59 Å². The van der Waals surface area contributed by atoms with Crippen LogP contribution in [0.1, 0.15) is 37.7 Å². The number of carbonyl (C=O) groups excluding carboxylic acids is 2. The molecule has 1 heterocycles. The van der Waals surface area contributed by atoms with Crippen LogP contribution in [0.5, 0.6) is 0 Å². The Kier molecular flexibility index (Phi) is 5.90. The van der Waals surface area contributed by atoms with E-state index in [1.807, 2.05) is 6.07 Å². The van der Waals surface area contributed by atoms with Gasteiger partial charge in [0.25, 0.3) is 0 Å². The van der Waals surface area contributed by atoms with Crippen LogP contribution >= 0.6 is 34.5 Å². The molecule has 1 fully saturated rings. The van der Waals surface area contributed by atoms with Gasteiger partial charge >= 0.3 is 0 Å². The summed E-state index contributed by atoms with van der Waals surface area (Å²) in [5.74, 6) is -0.581. The number of amides is 2. The second kappa shape index (κ2) is 7.47. The molecule has 2 atom stereocenters. The topological polar surface area (TPSA) is 72.2 Å².